The van der Waals surface area contributed by atoms with Gasteiger partial charge in [-0.15, -0.1) is 11.6 Å². The summed E-state index contributed by atoms with van der Waals surface area (Å²) < 4.78 is 16.7. The van der Waals surface area contributed by atoms with Crippen molar-refractivity contribution in [2.75, 3.05) is 20.3 Å². The van der Waals surface area contributed by atoms with E-state index >= 15 is 0 Å². The number of halogens is 1. The molecule has 0 N–H and O–H groups in total. The molecule has 0 bridgehead atoms. The van der Waals surface area contributed by atoms with E-state index in [1.54, 1.807) is 7.11 Å². The predicted octanol–water partition coefficient (Wildman–Crippen LogP) is 3.77. The summed E-state index contributed by atoms with van der Waals surface area (Å²) in [5.74, 6) is 2.01. The number of hydrogen-bond donors (Lipinski definition) is 0. The number of benzene rings is 1. The largest absolute Gasteiger partial charge is 0.493 e. The Balaban J connectivity index is 1.78. The van der Waals surface area contributed by atoms with Gasteiger partial charge in [0.2, 0.25) is 0 Å². The van der Waals surface area contributed by atoms with Crippen molar-refractivity contribution in [1.29, 1.82) is 0 Å². The van der Waals surface area contributed by atoms with Crippen LogP contribution >= 0.6 is 11.6 Å². The minimum absolute atomic E-state index is 0.434. The molecule has 0 amide bonds. The maximum Gasteiger partial charge on any atom is 0.161 e. The van der Waals surface area contributed by atoms with Gasteiger partial charge >= 0.3 is 0 Å². The molecule has 4 heteroatoms. The van der Waals surface area contributed by atoms with E-state index in [1.165, 1.54) is 12.8 Å². The topological polar surface area (TPSA) is 27.7 Å². The van der Waals surface area contributed by atoms with Gasteiger partial charge in [-0.3, -0.25) is 0 Å². The van der Waals surface area contributed by atoms with Crippen molar-refractivity contribution in [1.82, 2.24) is 0 Å². The fraction of sp³-hybridized carbons (Fsp3) is 0.600. The lowest BCUT2D eigenvalue weighted by atomic mass is 10.1. The van der Waals surface area contributed by atoms with Crippen LogP contribution in [0.2, 0.25) is 0 Å². The van der Waals surface area contributed by atoms with Crippen molar-refractivity contribution in [3.8, 4) is 11.5 Å². The Morgan fingerprint density at radius 2 is 2.26 bits per heavy atom. The molecule has 19 heavy (non-hydrogen) atoms. The summed E-state index contributed by atoms with van der Waals surface area (Å²) in [6.07, 6.45) is 4.89. The van der Waals surface area contributed by atoms with E-state index in [2.05, 4.69) is 0 Å². The molecule has 0 radical (unpaired) electrons. The maximum absolute atomic E-state index is 5.80. The third kappa shape index (κ3) is 4.29. The number of ether oxygens (including phenoxy) is 3. The van der Waals surface area contributed by atoms with Crippen LogP contribution < -0.4 is 9.47 Å². The van der Waals surface area contributed by atoms with Gasteiger partial charge in [-0.1, -0.05) is 6.07 Å². The number of hydrogen-bond acceptors (Lipinski definition) is 3. The Labute approximate surface area is 119 Å². The molecule has 0 saturated carbocycles. The van der Waals surface area contributed by atoms with Crippen LogP contribution in [0.1, 0.15) is 31.2 Å². The smallest absolute Gasteiger partial charge is 0.161 e. The number of methoxy groups -OCH3 is 1. The van der Waals surface area contributed by atoms with Crippen LogP contribution in [-0.4, -0.2) is 26.4 Å². The van der Waals surface area contributed by atoms with Gasteiger partial charge in [0, 0.05) is 12.5 Å². The average molecular weight is 285 g/mol. The molecule has 106 valence electrons. The normalized spacial score (nSPS) is 18.5. The zero-order valence-corrected chi connectivity index (χ0v) is 12.1. The molecule has 1 unspecified atom stereocenters. The Bertz CT molecular complexity index is 389. The first-order chi connectivity index (χ1) is 9.33. The van der Waals surface area contributed by atoms with Crippen molar-refractivity contribution in [2.24, 2.45) is 0 Å². The summed E-state index contributed by atoms with van der Waals surface area (Å²) in [5, 5.41) is 0. The van der Waals surface area contributed by atoms with Crippen LogP contribution in [0.25, 0.3) is 0 Å². The summed E-state index contributed by atoms with van der Waals surface area (Å²) in [7, 11) is 1.65. The average Bonchev–Trinajstić information content (AvgIpc) is 2.96. The molecule has 1 saturated heterocycles. The lowest BCUT2D eigenvalue weighted by molar-refractivity contribution is 0.0980. The second-order valence-corrected chi connectivity index (χ2v) is 5.01. The van der Waals surface area contributed by atoms with Crippen LogP contribution in [0.3, 0.4) is 0 Å². The fourth-order valence-corrected chi connectivity index (χ4v) is 2.45. The van der Waals surface area contributed by atoms with E-state index in [9.17, 15) is 0 Å². The molecule has 0 aromatic heterocycles. The van der Waals surface area contributed by atoms with Crippen LogP contribution in [0.5, 0.6) is 11.5 Å². The Morgan fingerprint density at radius 3 is 2.95 bits per heavy atom. The van der Waals surface area contributed by atoms with Crippen LogP contribution in [0, 0.1) is 0 Å². The van der Waals surface area contributed by atoms with Gasteiger partial charge in [-0.05, 0) is 43.4 Å². The standard InChI is InChI=1S/C15H21ClO3/c1-17-15-10-12(11-16)6-7-14(15)19-9-3-5-13-4-2-8-18-13/h6-7,10,13H,2-5,8-9,11H2,1H3. The highest BCUT2D eigenvalue weighted by Gasteiger charge is 2.14. The van der Waals surface area contributed by atoms with Gasteiger partial charge < -0.3 is 14.2 Å². The van der Waals surface area contributed by atoms with Crippen LogP contribution in [0.15, 0.2) is 18.2 Å². The first-order valence-corrected chi connectivity index (χ1v) is 7.34. The molecule has 1 aromatic carbocycles. The molecule has 1 fully saturated rings. The van der Waals surface area contributed by atoms with Gasteiger partial charge in [0.25, 0.3) is 0 Å². The molecule has 0 spiro atoms. The van der Waals surface area contributed by atoms with E-state index in [4.69, 9.17) is 25.8 Å². The van der Waals surface area contributed by atoms with Gasteiger partial charge in [0.15, 0.2) is 11.5 Å². The first kappa shape index (κ1) is 14.5. The Hall–Kier alpha value is -0.930. The van der Waals surface area contributed by atoms with Crippen molar-refractivity contribution in [2.45, 2.75) is 37.7 Å². The Kier molecular flexibility index (Phi) is 5.80. The molecule has 0 aliphatic carbocycles. The first-order valence-electron chi connectivity index (χ1n) is 6.80. The minimum atomic E-state index is 0.434. The zero-order valence-electron chi connectivity index (χ0n) is 11.4. The van der Waals surface area contributed by atoms with E-state index in [-0.39, 0.29) is 0 Å². The van der Waals surface area contributed by atoms with Crippen molar-refractivity contribution >= 4 is 11.6 Å². The highest BCUT2D eigenvalue weighted by Crippen LogP contribution is 2.29. The SMILES string of the molecule is COc1cc(CCl)ccc1OCCCC1CCCO1. The molecule has 1 aromatic rings. The van der Waals surface area contributed by atoms with Gasteiger partial charge in [0.1, 0.15) is 0 Å². The number of rotatable bonds is 7. The van der Waals surface area contributed by atoms with Gasteiger partial charge in [0.05, 0.1) is 19.8 Å². The third-order valence-electron chi connectivity index (χ3n) is 3.33. The summed E-state index contributed by atoms with van der Waals surface area (Å²) in [6.45, 7) is 1.61. The lowest BCUT2D eigenvalue weighted by Gasteiger charge is -2.13. The van der Waals surface area contributed by atoms with Gasteiger partial charge in [-0.2, -0.15) is 0 Å². The van der Waals surface area contributed by atoms with Gasteiger partial charge in [-0.25, -0.2) is 0 Å². The highest BCUT2D eigenvalue weighted by atomic mass is 35.5. The van der Waals surface area contributed by atoms with E-state index in [1.807, 2.05) is 18.2 Å². The van der Waals surface area contributed by atoms with Crippen LogP contribution in [0.4, 0.5) is 0 Å². The summed E-state index contributed by atoms with van der Waals surface area (Å²) in [6, 6.07) is 5.80. The van der Waals surface area contributed by atoms with E-state index < -0.39 is 0 Å². The van der Waals surface area contributed by atoms with E-state index in [0.717, 1.165) is 36.5 Å². The molecule has 2 rings (SSSR count). The molecule has 1 aliphatic rings. The zero-order chi connectivity index (χ0) is 13.5. The van der Waals surface area contributed by atoms with Crippen molar-refractivity contribution < 1.29 is 14.2 Å². The molecular formula is C15H21ClO3. The lowest BCUT2D eigenvalue weighted by Crippen LogP contribution is -2.08. The third-order valence-corrected chi connectivity index (χ3v) is 3.64. The summed E-state index contributed by atoms with van der Waals surface area (Å²) in [5.41, 5.74) is 1.03. The molecule has 1 heterocycles. The fourth-order valence-electron chi connectivity index (χ4n) is 2.28. The summed E-state index contributed by atoms with van der Waals surface area (Å²) in [4.78, 5) is 0. The predicted molar refractivity (Wildman–Crippen MR) is 76.3 cm³/mol. The van der Waals surface area contributed by atoms with Crippen LogP contribution in [-0.2, 0) is 10.6 Å². The molecule has 1 atom stereocenters. The summed E-state index contributed by atoms with van der Waals surface area (Å²) >= 11 is 5.80. The number of alkyl halides is 1. The monoisotopic (exact) mass is 284 g/mol. The second kappa shape index (κ2) is 7.61. The molecule has 1 aliphatic heterocycles. The van der Waals surface area contributed by atoms with Crippen molar-refractivity contribution in [3.05, 3.63) is 23.8 Å². The quantitative estimate of drug-likeness (QED) is 0.563. The van der Waals surface area contributed by atoms with E-state index in [0.29, 0.717) is 18.6 Å². The second-order valence-electron chi connectivity index (χ2n) is 4.74. The molecule has 3 nitrogen and oxygen atoms in total. The highest BCUT2D eigenvalue weighted by molar-refractivity contribution is 6.17. The molecular weight excluding hydrogens is 264 g/mol. The Morgan fingerprint density at radius 1 is 1.37 bits per heavy atom. The van der Waals surface area contributed by atoms with Crippen molar-refractivity contribution in [3.63, 3.8) is 0 Å². The maximum atomic E-state index is 5.80. The minimum Gasteiger partial charge on any atom is -0.493 e.